The van der Waals surface area contributed by atoms with E-state index in [0.717, 1.165) is 23.2 Å². The number of aliphatic hydroxyl groups excluding tert-OH is 1. The van der Waals surface area contributed by atoms with Crippen molar-refractivity contribution in [3.8, 4) is 0 Å². The number of ether oxygens (including phenoxy) is 1. The zero-order chi connectivity index (χ0) is 10.8. The van der Waals surface area contributed by atoms with Crippen molar-refractivity contribution in [2.45, 2.75) is 32.0 Å². The number of halogens is 1. The van der Waals surface area contributed by atoms with Crippen LogP contribution in [0.2, 0.25) is 0 Å². The van der Waals surface area contributed by atoms with Crippen LogP contribution in [0, 0.1) is 5.92 Å². The predicted molar refractivity (Wildman–Crippen MR) is 65.3 cm³/mol. The van der Waals surface area contributed by atoms with Gasteiger partial charge in [0.05, 0.1) is 16.0 Å². The van der Waals surface area contributed by atoms with E-state index >= 15 is 0 Å². The van der Waals surface area contributed by atoms with E-state index in [-0.39, 0.29) is 12.2 Å². The van der Waals surface area contributed by atoms with Crippen LogP contribution in [-0.2, 0) is 11.2 Å². The molecule has 1 aliphatic heterocycles. The molecule has 1 aliphatic rings. The molecule has 1 saturated heterocycles. The van der Waals surface area contributed by atoms with Crippen molar-refractivity contribution in [2.24, 2.45) is 5.92 Å². The monoisotopic (exact) mass is 290 g/mol. The van der Waals surface area contributed by atoms with E-state index in [1.54, 1.807) is 11.3 Å². The molecule has 1 aromatic heterocycles. The zero-order valence-corrected chi connectivity index (χ0v) is 11.1. The summed E-state index contributed by atoms with van der Waals surface area (Å²) < 4.78 is 6.59. The summed E-state index contributed by atoms with van der Waals surface area (Å²) in [4.78, 5) is 1.23. The van der Waals surface area contributed by atoms with Crippen molar-refractivity contribution in [1.29, 1.82) is 0 Å². The highest BCUT2D eigenvalue weighted by molar-refractivity contribution is 9.11. The lowest BCUT2D eigenvalue weighted by atomic mass is 9.93. The molecule has 1 aromatic rings. The lowest BCUT2D eigenvalue weighted by molar-refractivity contribution is 0.0444. The van der Waals surface area contributed by atoms with Gasteiger partial charge in [-0.25, -0.2) is 0 Å². The van der Waals surface area contributed by atoms with Gasteiger partial charge in [0.25, 0.3) is 0 Å². The molecule has 2 nitrogen and oxygen atoms in total. The van der Waals surface area contributed by atoms with Crippen molar-refractivity contribution < 1.29 is 9.84 Å². The summed E-state index contributed by atoms with van der Waals surface area (Å²) >= 11 is 5.12. The van der Waals surface area contributed by atoms with E-state index in [4.69, 9.17) is 4.74 Å². The molecule has 4 heteroatoms. The van der Waals surface area contributed by atoms with E-state index in [9.17, 15) is 5.11 Å². The Morgan fingerprint density at radius 3 is 3.00 bits per heavy atom. The third-order valence-electron chi connectivity index (χ3n) is 2.97. The molecule has 0 radical (unpaired) electrons. The molecule has 0 aliphatic carbocycles. The Labute approximate surface area is 102 Å². The summed E-state index contributed by atoms with van der Waals surface area (Å²) in [6.45, 7) is 2.84. The first-order valence-corrected chi connectivity index (χ1v) is 6.81. The van der Waals surface area contributed by atoms with Crippen LogP contribution in [0.3, 0.4) is 0 Å². The number of rotatable bonds is 3. The maximum Gasteiger partial charge on any atom is 0.0701 e. The van der Waals surface area contributed by atoms with Crippen LogP contribution in [0.1, 0.15) is 18.2 Å². The van der Waals surface area contributed by atoms with E-state index in [1.807, 2.05) is 13.0 Å². The molecule has 2 heterocycles. The minimum atomic E-state index is -0.270. The largest absolute Gasteiger partial charge is 0.392 e. The molecular formula is C11H15BrO2S. The molecule has 1 N–H and O–H groups in total. The Bertz CT molecular complexity index is 326. The smallest absolute Gasteiger partial charge is 0.0701 e. The Kier molecular flexibility index (Phi) is 3.83. The summed E-state index contributed by atoms with van der Waals surface area (Å²) in [7, 11) is 0. The molecule has 84 valence electrons. The van der Waals surface area contributed by atoms with Gasteiger partial charge < -0.3 is 9.84 Å². The van der Waals surface area contributed by atoms with E-state index in [2.05, 4.69) is 22.0 Å². The van der Waals surface area contributed by atoms with Gasteiger partial charge in [0.15, 0.2) is 0 Å². The molecule has 0 amide bonds. The van der Waals surface area contributed by atoms with Gasteiger partial charge in [-0.2, -0.15) is 0 Å². The van der Waals surface area contributed by atoms with Crippen molar-refractivity contribution in [1.82, 2.24) is 0 Å². The van der Waals surface area contributed by atoms with Gasteiger partial charge >= 0.3 is 0 Å². The lowest BCUT2D eigenvalue weighted by Gasteiger charge is -2.20. The number of aliphatic hydroxyl groups is 1. The summed E-state index contributed by atoms with van der Waals surface area (Å²) in [6, 6.07) is 4.10. The average molecular weight is 291 g/mol. The van der Waals surface area contributed by atoms with Gasteiger partial charge in [-0.15, -0.1) is 11.3 Å². The van der Waals surface area contributed by atoms with Crippen LogP contribution in [0.5, 0.6) is 0 Å². The first kappa shape index (κ1) is 11.6. The second kappa shape index (κ2) is 4.95. The fraction of sp³-hybridized carbons (Fsp3) is 0.636. The molecule has 0 spiro atoms. The number of thiophene rings is 1. The van der Waals surface area contributed by atoms with Crippen LogP contribution in [0.25, 0.3) is 0 Å². The molecule has 3 atom stereocenters. The SMILES string of the molecule is CC1OCCC1C(O)Cc1ccc(Br)s1. The third kappa shape index (κ3) is 2.81. The Hall–Kier alpha value is 0.1000. The summed E-state index contributed by atoms with van der Waals surface area (Å²) in [5, 5.41) is 10.1. The Morgan fingerprint density at radius 1 is 1.67 bits per heavy atom. The minimum Gasteiger partial charge on any atom is -0.392 e. The standard InChI is InChI=1S/C11H15BrO2S/c1-7-9(4-5-14-7)10(13)6-8-2-3-11(12)15-8/h2-3,7,9-10,13H,4-6H2,1H3. The van der Waals surface area contributed by atoms with Crippen LogP contribution in [0.4, 0.5) is 0 Å². The molecule has 15 heavy (non-hydrogen) atoms. The van der Waals surface area contributed by atoms with Gasteiger partial charge in [-0.1, -0.05) is 0 Å². The van der Waals surface area contributed by atoms with Gasteiger partial charge in [-0.05, 0) is 41.4 Å². The first-order chi connectivity index (χ1) is 7.16. The van der Waals surface area contributed by atoms with Gasteiger partial charge in [0.2, 0.25) is 0 Å². The van der Waals surface area contributed by atoms with Gasteiger partial charge in [0.1, 0.15) is 0 Å². The molecule has 3 unspecified atom stereocenters. The molecule has 1 fully saturated rings. The molecule has 0 bridgehead atoms. The van der Waals surface area contributed by atoms with Crippen molar-refractivity contribution >= 4 is 27.3 Å². The van der Waals surface area contributed by atoms with Crippen LogP contribution in [0.15, 0.2) is 15.9 Å². The maximum absolute atomic E-state index is 10.1. The Balaban J connectivity index is 1.94. The zero-order valence-electron chi connectivity index (χ0n) is 8.65. The fourth-order valence-electron chi connectivity index (χ4n) is 2.07. The van der Waals surface area contributed by atoms with E-state index < -0.39 is 0 Å². The maximum atomic E-state index is 10.1. The van der Waals surface area contributed by atoms with Crippen LogP contribution in [-0.4, -0.2) is 23.9 Å². The highest BCUT2D eigenvalue weighted by Gasteiger charge is 2.30. The highest BCUT2D eigenvalue weighted by Crippen LogP contribution is 2.29. The Morgan fingerprint density at radius 2 is 2.47 bits per heavy atom. The minimum absolute atomic E-state index is 0.198. The summed E-state index contributed by atoms with van der Waals surface area (Å²) in [6.07, 6.45) is 1.65. The van der Waals surface area contributed by atoms with Gasteiger partial charge in [0, 0.05) is 23.8 Å². The van der Waals surface area contributed by atoms with Crippen molar-refractivity contribution in [2.75, 3.05) is 6.61 Å². The third-order valence-corrected chi connectivity index (χ3v) is 4.61. The summed E-state index contributed by atoms with van der Waals surface area (Å²) in [5.74, 6) is 0.297. The second-order valence-corrected chi connectivity index (χ2v) is 6.55. The first-order valence-electron chi connectivity index (χ1n) is 5.20. The van der Waals surface area contributed by atoms with Crippen LogP contribution < -0.4 is 0 Å². The van der Waals surface area contributed by atoms with Gasteiger partial charge in [-0.3, -0.25) is 0 Å². The molecular weight excluding hydrogens is 276 g/mol. The topological polar surface area (TPSA) is 29.5 Å². The van der Waals surface area contributed by atoms with E-state index in [0.29, 0.717) is 5.92 Å². The quantitative estimate of drug-likeness (QED) is 0.928. The predicted octanol–water partition coefficient (Wildman–Crippen LogP) is 2.84. The normalized spacial score (nSPS) is 28.2. The fourth-order valence-corrected chi connectivity index (χ4v) is 3.61. The molecule has 0 aromatic carbocycles. The lowest BCUT2D eigenvalue weighted by Crippen LogP contribution is -2.27. The van der Waals surface area contributed by atoms with Crippen molar-refractivity contribution in [3.05, 3.63) is 20.8 Å². The van der Waals surface area contributed by atoms with E-state index in [1.165, 1.54) is 4.88 Å². The number of hydrogen-bond donors (Lipinski definition) is 1. The average Bonchev–Trinajstić information content (AvgIpc) is 2.75. The van der Waals surface area contributed by atoms with Crippen molar-refractivity contribution in [3.63, 3.8) is 0 Å². The highest BCUT2D eigenvalue weighted by atomic mass is 79.9. The second-order valence-electron chi connectivity index (χ2n) is 4.01. The van der Waals surface area contributed by atoms with Crippen LogP contribution >= 0.6 is 27.3 Å². The molecule has 2 rings (SSSR count). The molecule has 0 saturated carbocycles. The summed E-state index contributed by atoms with van der Waals surface area (Å²) in [5.41, 5.74) is 0. The number of hydrogen-bond acceptors (Lipinski definition) is 3.